The Hall–Kier alpha value is -3.39. The number of nitrogens with zero attached hydrogens (tertiary/aromatic N) is 2. The van der Waals surface area contributed by atoms with Gasteiger partial charge >= 0.3 is 6.18 Å². The number of ether oxygens (including phenoxy) is 3. The van der Waals surface area contributed by atoms with Gasteiger partial charge in [-0.1, -0.05) is 0 Å². The number of nitrogens with one attached hydrogen (secondary N) is 1. The fraction of sp³-hybridized carbons (Fsp3) is 0.263. The Morgan fingerprint density at radius 1 is 1.03 bits per heavy atom. The molecule has 0 amide bonds. The van der Waals surface area contributed by atoms with Crippen LogP contribution in [0.2, 0.25) is 0 Å². The summed E-state index contributed by atoms with van der Waals surface area (Å²) < 4.78 is 90.7. The Bertz CT molecular complexity index is 1290. The summed E-state index contributed by atoms with van der Waals surface area (Å²) in [6.07, 6.45) is -3.53. The van der Waals surface area contributed by atoms with E-state index in [9.17, 15) is 26.0 Å². The Balaban J connectivity index is 2.17. The number of anilines is 2. The number of aromatic nitrogens is 2. The minimum Gasteiger partial charge on any atom is -0.493 e. The van der Waals surface area contributed by atoms with Crippen LogP contribution in [0.25, 0.3) is 10.9 Å². The largest absolute Gasteiger partial charge is 0.493 e. The van der Waals surface area contributed by atoms with Gasteiger partial charge in [0.1, 0.15) is 24.6 Å². The van der Waals surface area contributed by atoms with Crippen LogP contribution in [0.15, 0.2) is 35.5 Å². The second kappa shape index (κ2) is 9.23. The zero-order chi connectivity index (χ0) is 24.4. The molecule has 0 unspecified atom stereocenters. The molecule has 178 valence electrons. The first-order valence-electron chi connectivity index (χ1n) is 9.06. The SMILES string of the molecule is COc1cc2ncnc(Nc3cc(S(N)(=O)=O)c(CF)cc3OCC(F)(F)F)c2cc1OC. The van der Waals surface area contributed by atoms with E-state index >= 15 is 0 Å². The van der Waals surface area contributed by atoms with Gasteiger partial charge in [0, 0.05) is 17.0 Å². The van der Waals surface area contributed by atoms with Crippen molar-refractivity contribution in [3.8, 4) is 17.2 Å². The highest BCUT2D eigenvalue weighted by Gasteiger charge is 2.30. The molecule has 0 spiro atoms. The molecule has 3 N–H and O–H groups in total. The second-order valence-corrected chi connectivity index (χ2v) is 8.14. The topological polar surface area (TPSA) is 126 Å². The van der Waals surface area contributed by atoms with E-state index in [4.69, 9.17) is 19.3 Å². The maximum Gasteiger partial charge on any atom is 0.422 e. The van der Waals surface area contributed by atoms with E-state index in [1.165, 1.54) is 26.6 Å². The molecule has 2 aromatic carbocycles. The van der Waals surface area contributed by atoms with E-state index in [2.05, 4.69) is 15.3 Å². The Morgan fingerprint density at radius 3 is 2.27 bits per heavy atom. The van der Waals surface area contributed by atoms with E-state index < -0.39 is 45.7 Å². The smallest absolute Gasteiger partial charge is 0.422 e. The summed E-state index contributed by atoms with van der Waals surface area (Å²) in [4.78, 5) is 7.56. The monoisotopic (exact) mass is 490 g/mol. The number of sulfonamides is 1. The summed E-state index contributed by atoms with van der Waals surface area (Å²) >= 11 is 0. The predicted molar refractivity (Wildman–Crippen MR) is 110 cm³/mol. The average molecular weight is 490 g/mol. The number of fused-ring (bicyclic) bond motifs is 1. The summed E-state index contributed by atoms with van der Waals surface area (Å²) in [5.41, 5.74) is -0.315. The van der Waals surface area contributed by atoms with Crippen molar-refractivity contribution in [2.75, 3.05) is 26.1 Å². The molecule has 1 aromatic heterocycles. The lowest BCUT2D eigenvalue weighted by molar-refractivity contribution is -0.153. The summed E-state index contributed by atoms with van der Waals surface area (Å²) in [6.45, 7) is -3.00. The number of methoxy groups -OCH3 is 2. The summed E-state index contributed by atoms with van der Waals surface area (Å²) in [7, 11) is -1.58. The van der Waals surface area contributed by atoms with Crippen molar-refractivity contribution in [3.63, 3.8) is 0 Å². The molecule has 0 aliphatic carbocycles. The Labute approximate surface area is 185 Å². The van der Waals surface area contributed by atoms with E-state index in [1.54, 1.807) is 6.07 Å². The molecule has 0 bridgehead atoms. The van der Waals surface area contributed by atoms with Crippen molar-refractivity contribution < 1.29 is 40.2 Å². The molecule has 0 aliphatic rings. The average Bonchev–Trinajstić information content (AvgIpc) is 2.75. The van der Waals surface area contributed by atoms with Gasteiger partial charge in [0.05, 0.1) is 30.3 Å². The van der Waals surface area contributed by atoms with Gasteiger partial charge in [0.2, 0.25) is 10.0 Å². The molecule has 0 atom stereocenters. The lowest BCUT2D eigenvalue weighted by Crippen LogP contribution is -2.20. The Kier molecular flexibility index (Phi) is 6.78. The van der Waals surface area contributed by atoms with Gasteiger partial charge in [0.25, 0.3) is 0 Å². The van der Waals surface area contributed by atoms with E-state index in [0.717, 1.165) is 12.1 Å². The van der Waals surface area contributed by atoms with Gasteiger partial charge in [-0.25, -0.2) is 27.9 Å². The number of nitrogens with two attached hydrogens (primary N) is 1. The summed E-state index contributed by atoms with van der Waals surface area (Å²) in [5.74, 6) is 0.299. The molecule has 1 heterocycles. The fourth-order valence-corrected chi connectivity index (χ4v) is 3.72. The van der Waals surface area contributed by atoms with Gasteiger partial charge in [-0.2, -0.15) is 13.2 Å². The third-order valence-electron chi connectivity index (χ3n) is 4.40. The zero-order valence-electron chi connectivity index (χ0n) is 17.2. The maximum absolute atomic E-state index is 13.4. The van der Waals surface area contributed by atoms with Crippen LogP contribution in [0.3, 0.4) is 0 Å². The zero-order valence-corrected chi connectivity index (χ0v) is 18.1. The highest BCUT2D eigenvalue weighted by Crippen LogP contribution is 2.38. The Morgan fingerprint density at radius 2 is 1.70 bits per heavy atom. The molecule has 9 nitrogen and oxygen atoms in total. The highest BCUT2D eigenvalue weighted by atomic mass is 32.2. The molecule has 33 heavy (non-hydrogen) atoms. The van der Waals surface area contributed by atoms with Gasteiger partial charge in [-0.15, -0.1) is 0 Å². The first kappa shape index (κ1) is 24.3. The van der Waals surface area contributed by atoms with Crippen LogP contribution in [0.1, 0.15) is 5.56 Å². The number of hydrogen-bond donors (Lipinski definition) is 2. The molecular weight excluding hydrogens is 472 g/mol. The molecule has 0 saturated heterocycles. The standard InChI is InChI=1S/C19H18F4N4O5S/c1-30-15-4-11-12(5-16(15)31-2)25-9-26-18(11)27-13-6-17(33(24,28)29)10(7-20)3-14(13)32-8-19(21,22)23/h3-6,9H,7-8H2,1-2H3,(H2,24,28,29)(H,25,26,27). The molecule has 0 aliphatic heterocycles. The first-order chi connectivity index (χ1) is 15.5. The van der Waals surface area contributed by atoms with Crippen molar-refractivity contribution in [3.05, 3.63) is 36.2 Å². The van der Waals surface area contributed by atoms with E-state index in [-0.39, 0.29) is 11.5 Å². The van der Waals surface area contributed by atoms with Crippen LogP contribution in [-0.4, -0.2) is 45.4 Å². The quantitative estimate of drug-likeness (QED) is 0.460. The number of hydrogen-bond acceptors (Lipinski definition) is 8. The lowest BCUT2D eigenvalue weighted by atomic mass is 10.1. The number of halogens is 4. The van der Waals surface area contributed by atoms with E-state index in [0.29, 0.717) is 22.4 Å². The van der Waals surface area contributed by atoms with Crippen molar-refractivity contribution in [2.45, 2.75) is 17.7 Å². The van der Waals surface area contributed by atoms with Crippen LogP contribution < -0.4 is 24.7 Å². The minimum atomic E-state index is -4.70. The van der Waals surface area contributed by atoms with Crippen LogP contribution in [-0.2, 0) is 16.7 Å². The number of primary sulfonamides is 1. The third-order valence-corrected chi connectivity index (χ3v) is 5.39. The highest BCUT2D eigenvalue weighted by molar-refractivity contribution is 7.89. The fourth-order valence-electron chi connectivity index (χ4n) is 2.96. The minimum absolute atomic E-state index is 0.0752. The van der Waals surface area contributed by atoms with Crippen molar-refractivity contribution in [2.24, 2.45) is 5.14 Å². The van der Waals surface area contributed by atoms with Crippen LogP contribution in [0.5, 0.6) is 17.2 Å². The lowest BCUT2D eigenvalue weighted by Gasteiger charge is -2.18. The third kappa shape index (κ3) is 5.51. The van der Waals surface area contributed by atoms with Crippen LogP contribution in [0.4, 0.5) is 29.1 Å². The van der Waals surface area contributed by atoms with Crippen LogP contribution in [0, 0.1) is 0 Å². The molecule has 14 heteroatoms. The normalized spacial score (nSPS) is 12.0. The molecule has 0 saturated carbocycles. The number of alkyl halides is 4. The van der Waals surface area contributed by atoms with E-state index in [1.807, 2.05) is 0 Å². The van der Waals surface area contributed by atoms with Crippen molar-refractivity contribution in [1.29, 1.82) is 0 Å². The first-order valence-corrected chi connectivity index (χ1v) is 10.6. The number of rotatable bonds is 8. The summed E-state index contributed by atoms with van der Waals surface area (Å²) in [6, 6.07) is 4.78. The van der Waals surface area contributed by atoms with Crippen molar-refractivity contribution >= 4 is 32.4 Å². The van der Waals surface area contributed by atoms with Gasteiger partial charge < -0.3 is 19.5 Å². The van der Waals surface area contributed by atoms with Crippen molar-refractivity contribution in [1.82, 2.24) is 9.97 Å². The molecule has 3 aromatic rings. The maximum atomic E-state index is 13.4. The molecular formula is C19H18F4N4O5S. The number of benzene rings is 2. The van der Waals surface area contributed by atoms with Gasteiger partial charge in [0.15, 0.2) is 18.1 Å². The van der Waals surface area contributed by atoms with Gasteiger partial charge in [-0.05, 0) is 18.2 Å². The van der Waals surface area contributed by atoms with Gasteiger partial charge in [-0.3, -0.25) is 0 Å². The van der Waals surface area contributed by atoms with Crippen LogP contribution >= 0.6 is 0 Å². The molecule has 0 fully saturated rings. The second-order valence-electron chi connectivity index (χ2n) is 6.61. The predicted octanol–water partition coefficient (Wildman–Crippen LogP) is 3.45. The molecule has 3 rings (SSSR count). The molecule has 0 radical (unpaired) electrons. The summed E-state index contributed by atoms with van der Waals surface area (Å²) in [5, 5.41) is 8.24.